The van der Waals surface area contributed by atoms with Crippen LogP contribution < -0.4 is 14.8 Å². The van der Waals surface area contributed by atoms with Gasteiger partial charge in [0.1, 0.15) is 30.5 Å². The van der Waals surface area contributed by atoms with E-state index in [9.17, 15) is 8.42 Å². The summed E-state index contributed by atoms with van der Waals surface area (Å²) in [5.74, 6) is 1.07. The van der Waals surface area contributed by atoms with Gasteiger partial charge in [0.2, 0.25) is 5.95 Å². The first-order chi connectivity index (χ1) is 22.7. The van der Waals surface area contributed by atoms with Gasteiger partial charge in [0.05, 0.1) is 42.8 Å². The third kappa shape index (κ3) is 8.94. The lowest BCUT2D eigenvalue weighted by atomic mass is 9.90. The zero-order valence-electron chi connectivity index (χ0n) is 26.4. The van der Waals surface area contributed by atoms with Crippen LogP contribution in [-0.4, -0.2) is 110 Å². The van der Waals surface area contributed by atoms with E-state index in [1.807, 2.05) is 29.9 Å². The molecule has 2 aliphatic rings. The maximum atomic E-state index is 11.7. The third-order valence-electron chi connectivity index (χ3n) is 8.32. The van der Waals surface area contributed by atoms with Crippen molar-refractivity contribution in [1.29, 1.82) is 0 Å². The topological polar surface area (TPSA) is 164 Å². The van der Waals surface area contributed by atoms with Gasteiger partial charge in [-0.1, -0.05) is 17.7 Å². The highest BCUT2D eigenvalue weighted by Gasteiger charge is 2.29. The van der Waals surface area contributed by atoms with Crippen molar-refractivity contribution in [3.8, 4) is 22.8 Å². The molecule has 0 amide bonds. The number of hydrogen-bond acceptors (Lipinski definition) is 13. The van der Waals surface area contributed by atoms with E-state index < -0.39 is 9.84 Å². The van der Waals surface area contributed by atoms with Crippen LogP contribution in [0.25, 0.3) is 11.1 Å². The average Bonchev–Trinajstić information content (AvgIpc) is 3.72. The van der Waals surface area contributed by atoms with Crippen molar-refractivity contribution in [1.82, 2.24) is 44.9 Å². The number of nitrogens with zero attached hydrogens (tertiary/aromatic N) is 9. The average molecular weight is 687 g/mol. The van der Waals surface area contributed by atoms with Crippen LogP contribution in [0.15, 0.2) is 43.1 Å². The lowest BCUT2D eigenvalue weighted by Crippen LogP contribution is -2.45. The second-order valence-electron chi connectivity index (χ2n) is 11.9. The Hall–Kier alpha value is -3.86. The molecule has 1 N–H and O–H groups in total. The Balaban J connectivity index is 1.13. The molecule has 6 rings (SSSR count). The van der Waals surface area contributed by atoms with Crippen LogP contribution in [0.1, 0.15) is 38.6 Å². The summed E-state index contributed by atoms with van der Waals surface area (Å²) in [7, 11) is -3.20. The van der Waals surface area contributed by atoms with Crippen molar-refractivity contribution in [2.24, 2.45) is 0 Å². The first kappa shape index (κ1) is 33.1. The molecule has 4 heterocycles. The molecule has 0 spiro atoms. The summed E-state index contributed by atoms with van der Waals surface area (Å²) in [5, 5.41) is 19.6. The van der Waals surface area contributed by atoms with Crippen LogP contribution in [0.2, 0.25) is 5.02 Å². The van der Waals surface area contributed by atoms with Crippen molar-refractivity contribution in [2.45, 2.75) is 57.3 Å². The van der Waals surface area contributed by atoms with Gasteiger partial charge < -0.3 is 19.5 Å². The fourth-order valence-corrected chi connectivity index (χ4v) is 6.44. The zero-order chi connectivity index (χ0) is 32.8. The van der Waals surface area contributed by atoms with Crippen LogP contribution in [0.4, 0.5) is 11.6 Å². The van der Waals surface area contributed by atoms with E-state index in [1.54, 1.807) is 23.1 Å². The molecule has 3 aromatic heterocycles. The second kappa shape index (κ2) is 14.9. The summed E-state index contributed by atoms with van der Waals surface area (Å²) in [4.78, 5) is 11.6. The smallest absolute Gasteiger partial charge is 0.256 e. The fourth-order valence-electron chi connectivity index (χ4n) is 5.89. The van der Waals surface area contributed by atoms with Gasteiger partial charge in [-0.25, -0.2) is 23.1 Å². The Kier molecular flexibility index (Phi) is 10.5. The van der Waals surface area contributed by atoms with E-state index in [0.717, 1.165) is 63.1 Å². The molecular weight excluding hydrogens is 648 g/mol. The molecule has 17 heteroatoms. The number of nitrogens with one attached hydrogen (secondary N) is 1. The number of morpholine rings is 1. The molecular formula is C30H39ClN10O5S. The van der Waals surface area contributed by atoms with Crippen molar-refractivity contribution < 1.29 is 22.6 Å². The molecule has 1 aromatic carbocycles. The minimum absolute atomic E-state index is 0.0105. The number of ether oxygens (including phenoxy) is 3. The predicted molar refractivity (Wildman–Crippen MR) is 175 cm³/mol. The van der Waals surface area contributed by atoms with Gasteiger partial charge in [0, 0.05) is 43.3 Å². The molecule has 1 saturated carbocycles. The van der Waals surface area contributed by atoms with E-state index in [-0.39, 0.29) is 24.5 Å². The Morgan fingerprint density at radius 2 is 1.83 bits per heavy atom. The highest BCUT2D eigenvalue weighted by atomic mass is 35.5. The standard InChI is InChI=1S/C30H39ClN10O5S/c1-21(18-40-20-34-37-38-40)46-28-15-22(3-8-26(28)31)23-16-32-30(33-17-23)35-27-19-41(36-29(27)45-13-14-47(2,42)43)25-6-4-24(5-7-25)39-9-11-44-12-10-39/h3,8,15-17,19-21,24-25H,4-7,9-14,18H2,1-2H3,(H,32,33,35). The molecule has 1 saturated heterocycles. The summed E-state index contributed by atoms with van der Waals surface area (Å²) in [6.45, 7) is 5.92. The molecule has 0 bridgehead atoms. The normalized spacial score (nSPS) is 19.7. The summed E-state index contributed by atoms with van der Waals surface area (Å²) in [6, 6.07) is 6.25. The van der Waals surface area contributed by atoms with Crippen LogP contribution in [0.5, 0.6) is 11.6 Å². The first-order valence-electron chi connectivity index (χ1n) is 15.7. The summed E-state index contributed by atoms with van der Waals surface area (Å²) < 4.78 is 44.5. The molecule has 15 nitrogen and oxygen atoms in total. The summed E-state index contributed by atoms with van der Waals surface area (Å²) in [5.41, 5.74) is 2.17. The number of rotatable bonds is 13. The Bertz CT molecular complexity index is 1710. The predicted octanol–water partition coefficient (Wildman–Crippen LogP) is 3.43. The SMILES string of the molecule is CC(Cn1cnnn1)Oc1cc(-c2cnc(Nc3cn(C4CCC(N5CCOCC5)CC4)nc3OCCS(C)(=O)=O)nc2)ccc1Cl. The van der Waals surface area contributed by atoms with Gasteiger partial charge in [-0.05, 0) is 60.7 Å². The lowest BCUT2D eigenvalue weighted by Gasteiger charge is -2.38. The number of sulfone groups is 1. The summed E-state index contributed by atoms with van der Waals surface area (Å²) in [6.07, 6.45) is 11.9. The van der Waals surface area contributed by atoms with Gasteiger partial charge in [0.25, 0.3) is 5.88 Å². The summed E-state index contributed by atoms with van der Waals surface area (Å²) >= 11 is 6.43. The number of aromatic nitrogens is 8. The maximum Gasteiger partial charge on any atom is 0.256 e. The van der Waals surface area contributed by atoms with Crippen molar-refractivity contribution in [3.05, 3.63) is 48.1 Å². The quantitative estimate of drug-likeness (QED) is 0.218. The number of halogens is 1. The Labute approximate surface area is 278 Å². The first-order valence-corrected chi connectivity index (χ1v) is 18.1. The van der Waals surface area contributed by atoms with Gasteiger partial charge in [-0.2, -0.15) is 0 Å². The minimum Gasteiger partial charge on any atom is -0.487 e. The van der Waals surface area contributed by atoms with Crippen molar-refractivity contribution >= 4 is 33.1 Å². The van der Waals surface area contributed by atoms with Crippen molar-refractivity contribution in [2.75, 3.05) is 50.2 Å². The zero-order valence-corrected chi connectivity index (χ0v) is 28.0. The molecule has 1 unspecified atom stereocenters. The largest absolute Gasteiger partial charge is 0.487 e. The lowest BCUT2D eigenvalue weighted by molar-refractivity contribution is 0.00503. The Morgan fingerprint density at radius 1 is 1.09 bits per heavy atom. The van der Waals surface area contributed by atoms with Gasteiger partial charge in [-0.15, -0.1) is 10.2 Å². The minimum atomic E-state index is -3.20. The van der Waals surface area contributed by atoms with Crippen LogP contribution >= 0.6 is 11.6 Å². The van der Waals surface area contributed by atoms with Gasteiger partial charge >= 0.3 is 0 Å². The number of hydrogen-bond donors (Lipinski definition) is 1. The van der Waals surface area contributed by atoms with Crippen molar-refractivity contribution in [3.63, 3.8) is 0 Å². The van der Waals surface area contributed by atoms with Crippen LogP contribution in [-0.2, 0) is 21.1 Å². The molecule has 1 atom stereocenters. The third-order valence-corrected chi connectivity index (χ3v) is 9.54. The Morgan fingerprint density at radius 3 is 2.53 bits per heavy atom. The monoisotopic (exact) mass is 686 g/mol. The van der Waals surface area contributed by atoms with E-state index in [1.165, 1.54) is 12.6 Å². The molecule has 1 aliphatic heterocycles. The van der Waals surface area contributed by atoms with Gasteiger partial charge in [-0.3, -0.25) is 9.58 Å². The van der Waals surface area contributed by atoms with Crippen LogP contribution in [0.3, 0.4) is 0 Å². The molecule has 0 radical (unpaired) electrons. The van der Waals surface area contributed by atoms with E-state index >= 15 is 0 Å². The van der Waals surface area contributed by atoms with E-state index in [0.29, 0.717) is 40.9 Å². The van der Waals surface area contributed by atoms with E-state index in [2.05, 4.69) is 35.7 Å². The number of benzene rings is 1. The van der Waals surface area contributed by atoms with E-state index in [4.69, 9.17) is 30.9 Å². The maximum absolute atomic E-state index is 11.7. The molecule has 2 fully saturated rings. The number of tetrazole rings is 1. The molecule has 1 aliphatic carbocycles. The fraction of sp³-hybridized carbons (Fsp3) is 0.533. The van der Waals surface area contributed by atoms with Gasteiger partial charge in [0.15, 0.2) is 9.84 Å². The highest BCUT2D eigenvalue weighted by Crippen LogP contribution is 2.35. The molecule has 252 valence electrons. The van der Waals surface area contributed by atoms with Crippen LogP contribution in [0, 0.1) is 0 Å². The second-order valence-corrected chi connectivity index (χ2v) is 14.6. The number of anilines is 2. The highest BCUT2D eigenvalue weighted by molar-refractivity contribution is 7.90. The molecule has 4 aromatic rings. The molecule has 47 heavy (non-hydrogen) atoms.